The molecule has 0 unspecified atom stereocenters. The van der Waals surface area contributed by atoms with Crippen LogP contribution in [0.25, 0.3) is 85.9 Å². The second kappa shape index (κ2) is 13.4. The van der Waals surface area contributed by atoms with Crippen LogP contribution in [-0.2, 0) is 0 Å². The van der Waals surface area contributed by atoms with Crippen LogP contribution in [0.2, 0.25) is 0 Å². The topological polar surface area (TPSA) is 3.24 Å². The van der Waals surface area contributed by atoms with Crippen LogP contribution in [0.5, 0.6) is 0 Å². The predicted octanol–water partition coefficient (Wildman–Crippen LogP) is 16.0. The van der Waals surface area contributed by atoms with Gasteiger partial charge in [0.25, 0.3) is 0 Å². The maximum absolute atomic E-state index is 2.44. The molecule has 2 heteroatoms. The molecule has 11 rings (SSSR count). The molecule has 0 saturated heterocycles. The summed E-state index contributed by atoms with van der Waals surface area (Å²) in [7, 11) is 0. The van der Waals surface area contributed by atoms with E-state index in [-0.39, 0.29) is 0 Å². The molecule has 1 aromatic heterocycles. The van der Waals surface area contributed by atoms with Crippen molar-refractivity contribution in [2.75, 3.05) is 4.90 Å². The number of thiophene rings is 1. The number of fused-ring (bicyclic) bond motifs is 7. The highest BCUT2D eigenvalue weighted by Crippen LogP contribution is 2.46. The zero-order valence-corrected chi connectivity index (χ0v) is 31.4. The van der Waals surface area contributed by atoms with Crippen molar-refractivity contribution in [2.24, 2.45) is 0 Å². The summed E-state index contributed by atoms with van der Waals surface area (Å²) in [5.41, 5.74) is 10.7. The van der Waals surface area contributed by atoms with E-state index in [2.05, 4.69) is 217 Å². The van der Waals surface area contributed by atoms with Gasteiger partial charge in [0.15, 0.2) is 0 Å². The van der Waals surface area contributed by atoms with Crippen LogP contribution in [0.4, 0.5) is 17.1 Å². The normalized spacial score (nSPS) is 11.6. The summed E-state index contributed by atoms with van der Waals surface area (Å²) in [6.07, 6.45) is 0. The minimum Gasteiger partial charge on any atom is -0.309 e. The zero-order valence-electron chi connectivity index (χ0n) is 30.6. The molecule has 0 amide bonds. The van der Waals surface area contributed by atoms with Gasteiger partial charge in [0.05, 0.1) is 10.4 Å². The molecule has 0 N–H and O–H groups in total. The summed E-state index contributed by atoms with van der Waals surface area (Å²) in [6.45, 7) is 0. The SMILES string of the molecule is c1ccc(-c2ccc3c(ccc4cc(-c5cccc(N(c6ccc(-c7cccc8ccccc78)cc6)c6cccc7c6sc6ccccc67)c5)ccc43)c2)cc1. The molecule has 1 heterocycles. The van der Waals surface area contributed by atoms with Gasteiger partial charge in [0, 0.05) is 26.8 Å². The Morgan fingerprint density at radius 2 is 0.893 bits per heavy atom. The number of hydrogen-bond acceptors (Lipinski definition) is 2. The van der Waals surface area contributed by atoms with Crippen molar-refractivity contribution in [3.05, 3.63) is 212 Å². The Hall–Kier alpha value is -7.00. The monoisotopic (exact) mass is 729 g/mol. The highest BCUT2D eigenvalue weighted by Gasteiger charge is 2.19. The third kappa shape index (κ3) is 5.54. The van der Waals surface area contributed by atoms with E-state index >= 15 is 0 Å². The van der Waals surface area contributed by atoms with Crippen LogP contribution >= 0.6 is 11.3 Å². The Labute approximate surface area is 330 Å². The number of nitrogens with zero attached hydrogens (tertiary/aromatic N) is 1. The predicted molar refractivity (Wildman–Crippen MR) is 243 cm³/mol. The van der Waals surface area contributed by atoms with E-state index < -0.39 is 0 Å². The molecular weight excluding hydrogens is 695 g/mol. The van der Waals surface area contributed by atoms with Gasteiger partial charge in [0.1, 0.15) is 0 Å². The maximum Gasteiger partial charge on any atom is 0.0640 e. The molecule has 11 aromatic rings. The van der Waals surface area contributed by atoms with Gasteiger partial charge in [-0.3, -0.25) is 0 Å². The molecule has 0 fully saturated rings. The van der Waals surface area contributed by atoms with Crippen molar-refractivity contribution in [1.82, 2.24) is 0 Å². The van der Waals surface area contributed by atoms with Crippen molar-refractivity contribution in [2.45, 2.75) is 0 Å². The van der Waals surface area contributed by atoms with Gasteiger partial charge >= 0.3 is 0 Å². The second-order valence-electron chi connectivity index (χ2n) is 14.5. The molecule has 0 aliphatic rings. The Kier molecular flexibility index (Phi) is 7.75. The van der Waals surface area contributed by atoms with Crippen LogP contribution in [0.3, 0.4) is 0 Å². The van der Waals surface area contributed by atoms with E-state index in [0.29, 0.717) is 0 Å². The Bertz CT molecular complexity index is 3240. The van der Waals surface area contributed by atoms with Crippen LogP contribution in [0.1, 0.15) is 0 Å². The van der Waals surface area contributed by atoms with Crippen LogP contribution in [0.15, 0.2) is 212 Å². The lowest BCUT2D eigenvalue weighted by Crippen LogP contribution is -2.10. The van der Waals surface area contributed by atoms with Gasteiger partial charge in [0.2, 0.25) is 0 Å². The van der Waals surface area contributed by atoms with Gasteiger partial charge in [-0.25, -0.2) is 0 Å². The summed E-state index contributed by atoms with van der Waals surface area (Å²) in [6, 6.07) is 77.7. The van der Waals surface area contributed by atoms with Gasteiger partial charge in [-0.05, 0) is 114 Å². The highest BCUT2D eigenvalue weighted by atomic mass is 32.1. The fraction of sp³-hybridized carbons (Fsp3) is 0. The molecule has 1 nitrogen and oxygen atoms in total. The lowest BCUT2D eigenvalue weighted by Gasteiger charge is -2.27. The molecule has 56 heavy (non-hydrogen) atoms. The fourth-order valence-corrected chi connectivity index (χ4v) is 9.69. The number of anilines is 3. The van der Waals surface area contributed by atoms with Gasteiger partial charge < -0.3 is 4.90 Å². The van der Waals surface area contributed by atoms with Gasteiger partial charge in [-0.15, -0.1) is 11.3 Å². The van der Waals surface area contributed by atoms with Crippen LogP contribution < -0.4 is 4.90 Å². The van der Waals surface area contributed by atoms with Crippen molar-refractivity contribution in [3.63, 3.8) is 0 Å². The smallest absolute Gasteiger partial charge is 0.0640 e. The minimum atomic E-state index is 1.12. The van der Waals surface area contributed by atoms with E-state index in [4.69, 9.17) is 0 Å². The Morgan fingerprint density at radius 3 is 1.70 bits per heavy atom. The van der Waals surface area contributed by atoms with E-state index in [1.807, 2.05) is 11.3 Å². The van der Waals surface area contributed by atoms with Gasteiger partial charge in [-0.1, -0.05) is 164 Å². The van der Waals surface area contributed by atoms with Crippen molar-refractivity contribution in [1.29, 1.82) is 0 Å². The molecule has 262 valence electrons. The molecule has 0 saturated carbocycles. The molecular formula is C54H35NS. The average Bonchev–Trinajstić information content (AvgIpc) is 3.66. The summed E-state index contributed by atoms with van der Waals surface area (Å²) in [5, 5.41) is 10.1. The molecule has 0 bridgehead atoms. The van der Waals surface area contributed by atoms with Crippen LogP contribution in [-0.4, -0.2) is 0 Å². The lowest BCUT2D eigenvalue weighted by molar-refractivity contribution is 1.30. The van der Waals surface area contributed by atoms with Crippen molar-refractivity contribution >= 4 is 80.9 Å². The average molecular weight is 730 g/mol. The quantitative estimate of drug-likeness (QED) is 0.154. The third-order valence-corrected chi connectivity index (χ3v) is 12.4. The Morgan fingerprint density at radius 1 is 0.304 bits per heavy atom. The van der Waals surface area contributed by atoms with E-state index in [0.717, 1.165) is 11.4 Å². The molecule has 0 aliphatic heterocycles. The third-order valence-electron chi connectivity index (χ3n) is 11.2. The van der Waals surface area contributed by atoms with E-state index in [1.165, 1.54) is 91.6 Å². The van der Waals surface area contributed by atoms with Crippen molar-refractivity contribution < 1.29 is 0 Å². The molecule has 0 radical (unpaired) electrons. The second-order valence-corrected chi connectivity index (χ2v) is 15.6. The standard InChI is InChI=1S/C54H35NS/c1-2-11-36(12-3-1)40-27-31-48-42(33-40)23-24-43-34-41(28-32-49(43)48)39-15-8-16-45(35-39)55(52-21-10-20-51-50-18-6-7-22-53(50)56-54(51)52)44-29-25-38(26-30-44)47-19-9-14-37-13-4-5-17-46(37)47/h1-35H. The van der Waals surface area contributed by atoms with Crippen LogP contribution in [0, 0.1) is 0 Å². The lowest BCUT2D eigenvalue weighted by atomic mass is 9.95. The highest BCUT2D eigenvalue weighted by molar-refractivity contribution is 7.26. The first-order chi connectivity index (χ1) is 27.7. The number of hydrogen-bond donors (Lipinski definition) is 0. The summed E-state index contributed by atoms with van der Waals surface area (Å²) in [4.78, 5) is 2.44. The minimum absolute atomic E-state index is 1.12. The fourth-order valence-electron chi connectivity index (χ4n) is 8.49. The van der Waals surface area contributed by atoms with E-state index in [9.17, 15) is 0 Å². The van der Waals surface area contributed by atoms with Crippen molar-refractivity contribution in [3.8, 4) is 33.4 Å². The van der Waals surface area contributed by atoms with Gasteiger partial charge in [-0.2, -0.15) is 0 Å². The molecule has 0 spiro atoms. The number of rotatable bonds is 6. The summed E-state index contributed by atoms with van der Waals surface area (Å²) in [5.74, 6) is 0. The first-order valence-electron chi connectivity index (χ1n) is 19.2. The first kappa shape index (κ1) is 32.4. The molecule has 10 aromatic carbocycles. The molecule has 0 aliphatic carbocycles. The summed E-state index contributed by atoms with van der Waals surface area (Å²) >= 11 is 1.87. The van der Waals surface area contributed by atoms with E-state index in [1.54, 1.807) is 0 Å². The summed E-state index contributed by atoms with van der Waals surface area (Å²) < 4.78 is 2.58. The first-order valence-corrected chi connectivity index (χ1v) is 20.0. The Balaban J connectivity index is 1.03. The maximum atomic E-state index is 2.44. The number of benzene rings is 10. The molecule has 0 atom stereocenters. The largest absolute Gasteiger partial charge is 0.309 e. The zero-order chi connectivity index (χ0) is 37.0.